The molecular formula is C9H13F2NO3. The van der Waals surface area contributed by atoms with Crippen molar-refractivity contribution in [3.63, 3.8) is 0 Å². The third-order valence-corrected chi connectivity index (χ3v) is 2.30. The second kappa shape index (κ2) is 4.55. The van der Waals surface area contributed by atoms with Crippen LogP contribution in [0, 0.1) is 0 Å². The lowest BCUT2D eigenvalue weighted by molar-refractivity contribution is -0.145. The van der Waals surface area contributed by atoms with Crippen molar-refractivity contribution in [2.75, 3.05) is 13.1 Å². The summed E-state index contributed by atoms with van der Waals surface area (Å²) < 4.78 is 25.8. The van der Waals surface area contributed by atoms with Crippen LogP contribution < -0.4 is 0 Å². The number of rotatable bonds is 3. The summed E-state index contributed by atoms with van der Waals surface area (Å²) in [6.07, 6.45) is -0.437. The van der Waals surface area contributed by atoms with Gasteiger partial charge in [-0.15, -0.1) is 0 Å². The maximum atomic E-state index is 12.9. The molecule has 0 aliphatic carbocycles. The number of nitrogens with zero attached hydrogens (tertiary/aromatic N) is 1. The SMILES string of the molecule is O=C(O)CCC(=O)N1CCCC(F)(F)C1. The van der Waals surface area contributed by atoms with E-state index in [1.165, 1.54) is 0 Å². The molecule has 1 saturated heterocycles. The number of carboxylic acids is 1. The molecule has 0 radical (unpaired) electrons. The van der Waals surface area contributed by atoms with Crippen LogP contribution in [0.4, 0.5) is 8.78 Å². The van der Waals surface area contributed by atoms with E-state index in [2.05, 4.69) is 0 Å². The Balaban J connectivity index is 2.42. The number of carbonyl (C=O) groups is 2. The van der Waals surface area contributed by atoms with Gasteiger partial charge < -0.3 is 10.0 Å². The van der Waals surface area contributed by atoms with E-state index in [0.29, 0.717) is 6.54 Å². The van der Waals surface area contributed by atoms with Crippen molar-refractivity contribution in [2.45, 2.75) is 31.6 Å². The average Bonchev–Trinajstić information content (AvgIpc) is 2.12. The second-order valence-electron chi connectivity index (χ2n) is 3.67. The number of alkyl halides is 2. The Bertz CT molecular complexity index is 268. The molecule has 1 aliphatic heterocycles. The Morgan fingerprint density at radius 2 is 2.00 bits per heavy atom. The van der Waals surface area contributed by atoms with E-state index < -0.39 is 24.3 Å². The van der Waals surface area contributed by atoms with Gasteiger partial charge in [-0.3, -0.25) is 9.59 Å². The smallest absolute Gasteiger partial charge is 0.303 e. The highest BCUT2D eigenvalue weighted by atomic mass is 19.3. The molecule has 1 fully saturated rings. The maximum absolute atomic E-state index is 12.9. The Kier molecular flexibility index (Phi) is 3.60. The van der Waals surface area contributed by atoms with Gasteiger partial charge in [0.25, 0.3) is 5.92 Å². The van der Waals surface area contributed by atoms with E-state index in [0.717, 1.165) is 4.90 Å². The summed E-state index contributed by atoms with van der Waals surface area (Å²) in [5.74, 6) is -4.42. The van der Waals surface area contributed by atoms with E-state index in [1.807, 2.05) is 0 Å². The third kappa shape index (κ3) is 3.81. The molecule has 1 rings (SSSR count). The minimum absolute atomic E-state index is 0.199. The Morgan fingerprint density at radius 3 is 2.53 bits per heavy atom. The van der Waals surface area contributed by atoms with Gasteiger partial charge in [-0.05, 0) is 6.42 Å². The maximum Gasteiger partial charge on any atom is 0.303 e. The number of likely N-dealkylation sites (tertiary alicyclic amines) is 1. The van der Waals surface area contributed by atoms with Crippen molar-refractivity contribution >= 4 is 11.9 Å². The number of aliphatic carboxylic acids is 1. The molecular weight excluding hydrogens is 208 g/mol. The second-order valence-corrected chi connectivity index (χ2v) is 3.67. The van der Waals surface area contributed by atoms with Gasteiger partial charge in [-0.25, -0.2) is 8.78 Å². The van der Waals surface area contributed by atoms with Crippen LogP contribution in [0.3, 0.4) is 0 Å². The minimum atomic E-state index is -2.82. The summed E-state index contributed by atoms with van der Waals surface area (Å²) in [4.78, 5) is 22.6. The van der Waals surface area contributed by atoms with Gasteiger partial charge in [0.05, 0.1) is 13.0 Å². The molecule has 6 heteroatoms. The molecule has 0 saturated carbocycles. The Morgan fingerprint density at radius 1 is 1.33 bits per heavy atom. The first-order chi connectivity index (χ1) is 6.91. The van der Waals surface area contributed by atoms with Gasteiger partial charge in [0.1, 0.15) is 0 Å². The van der Waals surface area contributed by atoms with E-state index in [9.17, 15) is 18.4 Å². The summed E-state index contributed by atoms with van der Waals surface area (Å²) >= 11 is 0. The molecule has 0 aromatic carbocycles. The van der Waals surface area contributed by atoms with Crippen molar-refractivity contribution in [3.8, 4) is 0 Å². The molecule has 0 bridgehead atoms. The van der Waals surface area contributed by atoms with Crippen molar-refractivity contribution in [2.24, 2.45) is 0 Å². The molecule has 15 heavy (non-hydrogen) atoms. The highest BCUT2D eigenvalue weighted by molar-refractivity contribution is 5.80. The molecule has 86 valence electrons. The number of hydrogen-bond acceptors (Lipinski definition) is 2. The van der Waals surface area contributed by atoms with Gasteiger partial charge in [0.2, 0.25) is 5.91 Å². The van der Waals surface area contributed by atoms with Crippen molar-refractivity contribution in [1.82, 2.24) is 4.90 Å². The van der Waals surface area contributed by atoms with Crippen LogP contribution in [0.2, 0.25) is 0 Å². The molecule has 0 atom stereocenters. The Hall–Kier alpha value is -1.20. The number of hydrogen-bond donors (Lipinski definition) is 1. The van der Waals surface area contributed by atoms with Crippen LogP contribution in [-0.4, -0.2) is 40.9 Å². The molecule has 1 heterocycles. The van der Waals surface area contributed by atoms with Crippen molar-refractivity contribution < 1.29 is 23.5 Å². The van der Waals surface area contributed by atoms with Gasteiger partial charge >= 0.3 is 5.97 Å². The number of amides is 1. The topological polar surface area (TPSA) is 57.6 Å². The third-order valence-electron chi connectivity index (χ3n) is 2.30. The summed E-state index contributed by atoms with van der Waals surface area (Å²) in [5, 5.41) is 8.34. The van der Waals surface area contributed by atoms with Gasteiger partial charge in [0.15, 0.2) is 0 Å². The van der Waals surface area contributed by atoms with Gasteiger partial charge in [-0.1, -0.05) is 0 Å². The van der Waals surface area contributed by atoms with E-state index in [-0.39, 0.29) is 25.7 Å². The normalized spacial score (nSPS) is 20.0. The first kappa shape index (κ1) is 11.9. The van der Waals surface area contributed by atoms with Crippen LogP contribution >= 0.6 is 0 Å². The zero-order chi connectivity index (χ0) is 11.5. The molecule has 0 unspecified atom stereocenters. The van der Waals surface area contributed by atoms with E-state index in [1.54, 1.807) is 0 Å². The van der Waals surface area contributed by atoms with Gasteiger partial charge in [-0.2, -0.15) is 0 Å². The van der Waals surface area contributed by atoms with E-state index >= 15 is 0 Å². The largest absolute Gasteiger partial charge is 0.481 e. The standard InChI is InChI=1S/C9H13F2NO3/c10-9(11)4-1-5-12(6-9)7(13)2-3-8(14)15/h1-6H2,(H,14,15). The number of halogens is 2. The van der Waals surface area contributed by atoms with Crippen molar-refractivity contribution in [1.29, 1.82) is 0 Å². The van der Waals surface area contributed by atoms with Crippen LogP contribution in [0.15, 0.2) is 0 Å². The summed E-state index contributed by atoms with van der Waals surface area (Å²) in [6, 6.07) is 0. The highest BCUT2D eigenvalue weighted by Crippen LogP contribution is 2.26. The summed E-state index contributed by atoms with van der Waals surface area (Å²) in [6.45, 7) is -0.278. The lowest BCUT2D eigenvalue weighted by Crippen LogP contribution is -2.45. The predicted molar refractivity (Wildman–Crippen MR) is 47.6 cm³/mol. The number of piperidine rings is 1. The monoisotopic (exact) mass is 221 g/mol. The first-order valence-electron chi connectivity index (χ1n) is 4.78. The number of carbonyl (C=O) groups excluding carboxylic acids is 1. The lowest BCUT2D eigenvalue weighted by atomic mass is 10.1. The fourth-order valence-corrected chi connectivity index (χ4v) is 1.55. The predicted octanol–water partition coefficient (Wildman–Crippen LogP) is 1.11. The minimum Gasteiger partial charge on any atom is -0.481 e. The zero-order valence-electron chi connectivity index (χ0n) is 8.21. The average molecular weight is 221 g/mol. The van der Waals surface area contributed by atoms with Crippen LogP contribution in [0.5, 0.6) is 0 Å². The fraction of sp³-hybridized carbons (Fsp3) is 0.778. The van der Waals surface area contributed by atoms with Gasteiger partial charge in [0, 0.05) is 19.4 Å². The summed E-state index contributed by atoms with van der Waals surface area (Å²) in [7, 11) is 0. The van der Waals surface area contributed by atoms with Crippen LogP contribution in [-0.2, 0) is 9.59 Å². The molecule has 4 nitrogen and oxygen atoms in total. The first-order valence-corrected chi connectivity index (χ1v) is 4.78. The zero-order valence-corrected chi connectivity index (χ0v) is 8.21. The van der Waals surface area contributed by atoms with Crippen LogP contribution in [0.1, 0.15) is 25.7 Å². The molecule has 0 spiro atoms. The Labute approximate surface area is 85.9 Å². The molecule has 0 aromatic rings. The summed E-state index contributed by atoms with van der Waals surface area (Å²) in [5.41, 5.74) is 0. The van der Waals surface area contributed by atoms with Crippen LogP contribution in [0.25, 0.3) is 0 Å². The molecule has 1 amide bonds. The molecule has 1 aliphatic rings. The van der Waals surface area contributed by atoms with E-state index in [4.69, 9.17) is 5.11 Å². The molecule has 0 aromatic heterocycles. The highest BCUT2D eigenvalue weighted by Gasteiger charge is 2.36. The quantitative estimate of drug-likeness (QED) is 0.776. The fourth-order valence-electron chi connectivity index (χ4n) is 1.55. The lowest BCUT2D eigenvalue weighted by Gasteiger charge is -2.32. The number of carboxylic acid groups (broad SMARTS) is 1. The van der Waals surface area contributed by atoms with Crippen molar-refractivity contribution in [3.05, 3.63) is 0 Å². The molecule has 1 N–H and O–H groups in total.